The van der Waals surface area contributed by atoms with Crippen LogP contribution in [0.25, 0.3) is 0 Å². The van der Waals surface area contributed by atoms with Crippen LogP contribution in [0.1, 0.15) is 21.9 Å². The lowest BCUT2D eigenvalue weighted by Crippen LogP contribution is -2.29. The van der Waals surface area contributed by atoms with Crippen molar-refractivity contribution < 1.29 is 0 Å². The number of benzene rings is 1. The Balaban J connectivity index is 2.04. The van der Waals surface area contributed by atoms with Crippen LogP contribution in [0.2, 0.25) is 5.02 Å². The van der Waals surface area contributed by atoms with Gasteiger partial charge in [0.25, 0.3) is 0 Å². The lowest BCUT2D eigenvalue weighted by Gasteiger charge is -2.30. The predicted octanol–water partition coefficient (Wildman–Crippen LogP) is 3.56. The highest BCUT2D eigenvalue weighted by atomic mass is 35.5. The second-order valence-corrected chi connectivity index (χ2v) is 6.43. The molecule has 0 fully saturated rings. The largest absolute Gasteiger partial charge is 0.391 e. The van der Waals surface area contributed by atoms with E-state index in [9.17, 15) is 0 Å². The van der Waals surface area contributed by atoms with Gasteiger partial charge in [-0.25, -0.2) is 0 Å². The van der Waals surface area contributed by atoms with Crippen LogP contribution in [0.3, 0.4) is 0 Å². The fourth-order valence-corrected chi connectivity index (χ4v) is 3.78. The number of anilines is 1. The van der Waals surface area contributed by atoms with Crippen molar-refractivity contribution in [2.75, 3.05) is 19.3 Å². The average molecular weight is 279 g/mol. The maximum Gasteiger partial charge on any atom is 0.0862 e. The standard InChI is InChI=1S/C14H15ClN2S/c1-17-7-12(9-2-4-10(15)5-3-9)11-6-14(16)18-13(11)8-17/h2-6,12H,7-8,16H2,1H3. The van der Waals surface area contributed by atoms with Crippen LogP contribution in [0, 0.1) is 0 Å². The maximum absolute atomic E-state index is 5.96. The first-order chi connectivity index (χ1) is 8.63. The third-order valence-corrected chi connectivity index (χ3v) is 4.63. The van der Waals surface area contributed by atoms with Gasteiger partial charge >= 0.3 is 0 Å². The summed E-state index contributed by atoms with van der Waals surface area (Å²) >= 11 is 7.66. The number of hydrogen-bond acceptors (Lipinski definition) is 3. The summed E-state index contributed by atoms with van der Waals surface area (Å²) in [6, 6.07) is 10.3. The molecule has 3 rings (SSSR count). The quantitative estimate of drug-likeness (QED) is 0.864. The molecule has 2 aromatic rings. The normalized spacial score (nSPS) is 19.8. The molecule has 1 atom stereocenters. The van der Waals surface area contributed by atoms with Crippen LogP contribution in [0.15, 0.2) is 30.3 Å². The van der Waals surface area contributed by atoms with Gasteiger partial charge in [-0.05, 0) is 36.4 Å². The SMILES string of the molecule is CN1Cc2sc(N)cc2C(c2ccc(Cl)cc2)C1. The second-order valence-electron chi connectivity index (χ2n) is 4.83. The van der Waals surface area contributed by atoms with Gasteiger partial charge in [0, 0.05) is 28.9 Å². The van der Waals surface area contributed by atoms with E-state index >= 15 is 0 Å². The molecule has 0 saturated heterocycles. The molecule has 0 radical (unpaired) electrons. The van der Waals surface area contributed by atoms with Crippen LogP contribution in [-0.4, -0.2) is 18.5 Å². The van der Waals surface area contributed by atoms with Crippen molar-refractivity contribution >= 4 is 27.9 Å². The number of fused-ring (bicyclic) bond motifs is 1. The van der Waals surface area contributed by atoms with Crippen LogP contribution >= 0.6 is 22.9 Å². The highest BCUT2D eigenvalue weighted by Crippen LogP contribution is 2.39. The predicted molar refractivity (Wildman–Crippen MR) is 78.4 cm³/mol. The minimum absolute atomic E-state index is 0.407. The fraction of sp³-hybridized carbons (Fsp3) is 0.286. The minimum atomic E-state index is 0.407. The second kappa shape index (κ2) is 4.57. The molecule has 1 aliphatic rings. The highest BCUT2D eigenvalue weighted by molar-refractivity contribution is 7.16. The number of nitrogens with two attached hydrogens (primary N) is 1. The van der Waals surface area contributed by atoms with Gasteiger partial charge in [0.2, 0.25) is 0 Å². The van der Waals surface area contributed by atoms with Gasteiger partial charge in [-0.3, -0.25) is 0 Å². The number of nitrogen functional groups attached to an aromatic ring is 1. The smallest absolute Gasteiger partial charge is 0.0862 e. The zero-order valence-corrected chi connectivity index (χ0v) is 11.8. The summed E-state index contributed by atoms with van der Waals surface area (Å²) in [6.45, 7) is 2.03. The van der Waals surface area contributed by atoms with E-state index in [1.165, 1.54) is 16.0 Å². The lowest BCUT2D eigenvalue weighted by atomic mass is 9.89. The molecule has 2 nitrogen and oxygen atoms in total. The van der Waals surface area contributed by atoms with Crippen molar-refractivity contribution in [1.82, 2.24) is 4.90 Å². The van der Waals surface area contributed by atoms with Crippen LogP contribution in [0.5, 0.6) is 0 Å². The topological polar surface area (TPSA) is 29.3 Å². The number of halogens is 1. The van der Waals surface area contributed by atoms with Crippen molar-refractivity contribution in [2.24, 2.45) is 0 Å². The summed E-state index contributed by atoms with van der Waals surface area (Å²) in [4.78, 5) is 3.73. The molecule has 94 valence electrons. The van der Waals surface area contributed by atoms with Gasteiger partial charge in [0.1, 0.15) is 0 Å². The molecular formula is C14H15ClN2S. The molecule has 1 aliphatic heterocycles. The Morgan fingerprint density at radius 2 is 2.06 bits per heavy atom. The first kappa shape index (κ1) is 12.0. The minimum Gasteiger partial charge on any atom is -0.391 e. The van der Waals surface area contributed by atoms with E-state index in [0.717, 1.165) is 23.1 Å². The molecule has 0 amide bonds. The summed E-state index contributed by atoms with van der Waals surface area (Å²) in [5.41, 5.74) is 8.64. The molecular weight excluding hydrogens is 264 g/mol. The zero-order valence-electron chi connectivity index (χ0n) is 10.2. The monoisotopic (exact) mass is 278 g/mol. The lowest BCUT2D eigenvalue weighted by molar-refractivity contribution is 0.299. The molecule has 18 heavy (non-hydrogen) atoms. The molecule has 1 unspecified atom stereocenters. The van der Waals surface area contributed by atoms with Crippen LogP contribution in [-0.2, 0) is 6.54 Å². The van der Waals surface area contributed by atoms with E-state index in [1.54, 1.807) is 11.3 Å². The van der Waals surface area contributed by atoms with Gasteiger partial charge in [0.05, 0.1) is 5.00 Å². The molecule has 4 heteroatoms. The van der Waals surface area contributed by atoms with Crippen molar-refractivity contribution in [3.8, 4) is 0 Å². The summed E-state index contributed by atoms with van der Waals surface area (Å²) in [5.74, 6) is 0.407. The Hall–Kier alpha value is -1.03. The van der Waals surface area contributed by atoms with Crippen molar-refractivity contribution in [1.29, 1.82) is 0 Å². The number of thiophene rings is 1. The Morgan fingerprint density at radius 3 is 2.78 bits per heavy atom. The van der Waals surface area contributed by atoms with E-state index < -0.39 is 0 Å². The summed E-state index contributed by atoms with van der Waals surface area (Å²) < 4.78 is 0. The summed E-state index contributed by atoms with van der Waals surface area (Å²) in [6.07, 6.45) is 0. The van der Waals surface area contributed by atoms with Crippen molar-refractivity contribution in [2.45, 2.75) is 12.5 Å². The summed E-state index contributed by atoms with van der Waals surface area (Å²) in [5, 5.41) is 1.70. The maximum atomic E-state index is 5.96. The Bertz CT molecular complexity index is 562. The number of nitrogens with zero attached hydrogens (tertiary/aromatic N) is 1. The van der Waals surface area contributed by atoms with E-state index in [2.05, 4.69) is 30.1 Å². The third kappa shape index (κ3) is 2.14. The molecule has 0 spiro atoms. The molecule has 2 N–H and O–H groups in total. The number of likely N-dealkylation sites (N-methyl/N-ethyl adjacent to an activating group) is 1. The van der Waals surface area contributed by atoms with E-state index in [-0.39, 0.29) is 0 Å². The number of hydrogen-bond donors (Lipinski definition) is 1. The Kier molecular flexibility index (Phi) is 3.06. The first-order valence-electron chi connectivity index (χ1n) is 5.95. The van der Waals surface area contributed by atoms with Gasteiger partial charge in [-0.1, -0.05) is 23.7 Å². The Morgan fingerprint density at radius 1 is 1.33 bits per heavy atom. The molecule has 0 saturated carbocycles. The van der Waals surface area contributed by atoms with E-state index in [0.29, 0.717) is 5.92 Å². The highest BCUT2D eigenvalue weighted by Gasteiger charge is 2.26. The van der Waals surface area contributed by atoms with E-state index in [4.69, 9.17) is 17.3 Å². The number of rotatable bonds is 1. The van der Waals surface area contributed by atoms with Gasteiger partial charge in [-0.2, -0.15) is 0 Å². The molecule has 0 bridgehead atoms. The van der Waals surface area contributed by atoms with Gasteiger partial charge in [0.15, 0.2) is 0 Å². The zero-order chi connectivity index (χ0) is 12.7. The van der Waals surface area contributed by atoms with Crippen LogP contribution in [0.4, 0.5) is 5.00 Å². The van der Waals surface area contributed by atoms with Crippen LogP contribution < -0.4 is 5.73 Å². The van der Waals surface area contributed by atoms with Gasteiger partial charge in [-0.15, -0.1) is 11.3 Å². The average Bonchev–Trinajstić information content (AvgIpc) is 2.69. The molecule has 2 heterocycles. The van der Waals surface area contributed by atoms with Crippen molar-refractivity contribution in [3.63, 3.8) is 0 Å². The van der Waals surface area contributed by atoms with Gasteiger partial charge < -0.3 is 10.6 Å². The Labute approximate surface area is 116 Å². The first-order valence-corrected chi connectivity index (χ1v) is 7.15. The summed E-state index contributed by atoms with van der Waals surface area (Å²) in [7, 11) is 2.15. The molecule has 0 aliphatic carbocycles. The third-order valence-electron chi connectivity index (χ3n) is 3.42. The van der Waals surface area contributed by atoms with Crippen molar-refractivity contribution in [3.05, 3.63) is 51.4 Å². The van der Waals surface area contributed by atoms with E-state index in [1.807, 2.05) is 12.1 Å². The molecule has 1 aromatic carbocycles. The molecule has 1 aromatic heterocycles. The fourth-order valence-electron chi connectivity index (χ4n) is 2.58.